The molecule has 0 saturated heterocycles. The van der Waals surface area contributed by atoms with Crippen LogP contribution in [-0.4, -0.2) is 15.0 Å². The largest absolute Gasteiger partial charge is 0.384 e. The van der Waals surface area contributed by atoms with Crippen LogP contribution in [0.3, 0.4) is 0 Å². The number of imidazole rings is 1. The lowest BCUT2D eigenvalue weighted by Gasteiger charge is -1.95. The van der Waals surface area contributed by atoms with Crippen molar-refractivity contribution in [1.82, 2.24) is 15.0 Å². The van der Waals surface area contributed by atoms with Crippen LogP contribution in [0.25, 0.3) is 22.6 Å². The first kappa shape index (κ1) is 10.3. The van der Waals surface area contributed by atoms with Gasteiger partial charge in [0.2, 0.25) is 0 Å². The number of hydrogen-bond donors (Lipinski definition) is 2. The first-order valence-corrected chi connectivity index (χ1v) is 5.90. The average molecular weight is 289 g/mol. The lowest BCUT2D eigenvalue weighted by Crippen LogP contribution is -1.88. The number of pyridine rings is 1. The van der Waals surface area contributed by atoms with Crippen LogP contribution < -0.4 is 5.73 Å². The molecule has 0 unspecified atom stereocenters. The Balaban J connectivity index is 2.14. The SMILES string of the molecule is Nc1ccc2[nH]c(-c3ccc(Br)cc3)nc2n1. The molecule has 3 aromatic rings. The van der Waals surface area contributed by atoms with Gasteiger partial charge >= 0.3 is 0 Å². The number of halogens is 1. The zero-order chi connectivity index (χ0) is 11.8. The number of fused-ring (bicyclic) bond motifs is 1. The zero-order valence-electron chi connectivity index (χ0n) is 8.81. The molecule has 2 heterocycles. The summed E-state index contributed by atoms with van der Waals surface area (Å²) in [6.45, 7) is 0. The summed E-state index contributed by atoms with van der Waals surface area (Å²) in [7, 11) is 0. The Morgan fingerprint density at radius 2 is 1.76 bits per heavy atom. The molecule has 5 heteroatoms. The number of nitrogens with one attached hydrogen (secondary N) is 1. The quantitative estimate of drug-likeness (QED) is 0.723. The van der Waals surface area contributed by atoms with Crippen molar-refractivity contribution in [2.75, 3.05) is 5.73 Å². The first-order chi connectivity index (χ1) is 8.22. The van der Waals surface area contributed by atoms with Crippen LogP contribution in [0.1, 0.15) is 0 Å². The van der Waals surface area contributed by atoms with Crippen molar-refractivity contribution in [3.63, 3.8) is 0 Å². The van der Waals surface area contributed by atoms with E-state index in [1.807, 2.05) is 30.3 Å². The van der Waals surface area contributed by atoms with Gasteiger partial charge in [-0.05, 0) is 24.3 Å². The molecule has 0 atom stereocenters. The van der Waals surface area contributed by atoms with Gasteiger partial charge in [-0.25, -0.2) is 9.97 Å². The fraction of sp³-hybridized carbons (Fsp3) is 0. The summed E-state index contributed by atoms with van der Waals surface area (Å²) in [6, 6.07) is 11.6. The molecule has 0 spiro atoms. The van der Waals surface area contributed by atoms with E-state index < -0.39 is 0 Å². The van der Waals surface area contributed by atoms with Crippen molar-refractivity contribution < 1.29 is 0 Å². The normalized spacial score (nSPS) is 10.9. The van der Waals surface area contributed by atoms with Gasteiger partial charge in [0, 0.05) is 10.0 Å². The van der Waals surface area contributed by atoms with Gasteiger partial charge in [0.15, 0.2) is 5.65 Å². The number of hydrogen-bond acceptors (Lipinski definition) is 3. The number of rotatable bonds is 1. The van der Waals surface area contributed by atoms with Crippen molar-refractivity contribution in [3.05, 3.63) is 40.9 Å². The lowest BCUT2D eigenvalue weighted by molar-refractivity contribution is 1.30. The van der Waals surface area contributed by atoms with Crippen LogP contribution in [0, 0.1) is 0 Å². The molecule has 3 rings (SSSR count). The highest BCUT2D eigenvalue weighted by Gasteiger charge is 2.06. The molecule has 0 fully saturated rings. The summed E-state index contributed by atoms with van der Waals surface area (Å²) >= 11 is 3.40. The highest BCUT2D eigenvalue weighted by atomic mass is 79.9. The number of H-pyrrole nitrogens is 1. The Morgan fingerprint density at radius 1 is 1.00 bits per heavy atom. The topological polar surface area (TPSA) is 67.6 Å². The van der Waals surface area contributed by atoms with Gasteiger partial charge in [0.05, 0.1) is 5.52 Å². The maximum absolute atomic E-state index is 5.62. The van der Waals surface area contributed by atoms with E-state index in [-0.39, 0.29) is 0 Å². The molecule has 4 nitrogen and oxygen atoms in total. The molecule has 0 aliphatic carbocycles. The van der Waals surface area contributed by atoms with E-state index in [1.54, 1.807) is 6.07 Å². The molecule has 0 aliphatic rings. The minimum Gasteiger partial charge on any atom is -0.384 e. The smallest absolute Gasteiger partial charge is 0.180 e. The Morgan fingerprint density at radius 3 is 2.53 bits per heavy atom. The molecule has 0 aliphatic heterocycles. The fourth-order valence-corrected chi connectivity index (χ4v) is 1.92. The standard InChI is InChI=1S/C12H9BrN4/c13-8-3-1-7(2-4-8)11-15-9-5-6-10(14)16-12(9)17-11/h1-6H,(H3,14,15,16,17). The molecule has 2 aromatic heterocycles. The second kappa shape index (κ2) is 3.85. The van der Waals surface area contributed by atoms with Crippen molar-refractivity contribution in [2.45, 2.75) is 0 Å². The van der Waals surface area contributed by atoms with Gasteiger partial charge in [0.25, 0.3) is 0 Å². The summed E-state index contributed by atoms with van der Waals surface area (Å²) in [5.74, 6) is 1.27. The van der Waals surface area contributed by atoms with Crippen molar-refractivity contribution in [1.29, 1.82) is 0 Å². The molecule has 0 bridgehead atoms. The van der Waals surface area contributed by atoms with Crippen LogP contribution in [0.15, 0.2) is 40.9 Å². The minimum atomic E-state index is 0.478. The number of nitrogen functional groups attached to an aromatic ring is 1. The Bertz CT molecular complexity index is 673. The average Bonchev–Trinajstić information content (AvgIpc) is 2.72. The molecule has 0 saturated carbocycles. The monoisotopic (exact) mass is 288 g/mol. The Labute approximate surface area is 106 Å². The zero-order valence-corrected chi connectivity index (χ0v) is 10.4. The fourth-order valence-electron chi connectivity index (χ4n) is 1.65. The number of benzene rings is 1. The Hall–Kier alpha value is -1.88. The summed E-state index contributed by atoms with van der Waals surface area (Å²) < 4.78 is 1.04. The number of anilines is 1. The van der Waals surface area contributed by atoms with E-state index in [1.165, 1.54) is 0 Å². The summed E-state index contributed by atoms with van der Waals surface area (Å²) in [5.41, 5.74) is 8.17. The van der Waals surface area contributed by atoms with Crippen molar-refractivity contribution in [2.24, 2.45) is 0 Å². The summed E-state index contributed by atoms with van der Waals surface area (Å²) in [4.78, 5) is 11.8. The van der Waals surface area contributed by atoms with E-state index in [4.69, 9.17) is 5.73 Å². The van der Waals surface area contributed by atoms with Gasteiger partial charge in [-0.3, -0.25) is 0 Å². The van der Waals surface area contributed by atoms with Gasteiger partial charge in [-0.1, -0.05) is 28.1 Å². The Kier molecular flexibility index (Phi) is 2.33. The highest BCUT2D eigenvalue weighted by Crippen LogP contribution is 2.21. The van der Waals surface area contributed by atoms with Gasteiger partial charge in [0.1, 0.15) is 11.6 Å². The number of nitrogens with zero attached hydrogens (tertiary/aromatic N) is 2. The van der Waals surface area contributed by atoms with E-state index in [2.05, 4.69) is 30.9 Å². The second-order valence-corrected chi connectivity index (χ2v) is 4.62. The maximum atomic E-state index is 5.62. The molecular weight excluding hydrogens is 280 g/mol. The predicted octanol–water partition coefficient (Wildman–Crippen LogP) is 2.97. The van der Waals surface area contributed by atoms with Crippen LogP contribution >= 0.6 is 15.9 Å². The third-order valence-electron chi connectivity index (χ3n) is 2.49. The maximum Gasteiger partial charge on any atom is 0.180 e. The van der Waals surface area contributed by atoms with E-state index in [9.17, 15) is 0 Å². The van der Waals surface area contributed by atoms with Gasteiger partial charge in [-0.2, -0.15) is 0 Å². The van der Waals surface area contributed by atoms with Crippen LogP contribution in [0.4, 0.5) is 5.82 Å². The minimum absolute atomic E-state index is 0.478. The second-order valence-electron chi connectivity index (χ2n) is 3.70. The molecule has 0 radical (unpaired) electrons. The number of nitrogens with two attached hydrogens (primary N) is 1. The summed E-state index contributed by atoms with van der Waals surface area (Å²) in [6.07, 6.45) is 0. The van der Waals surface area contributed by atoms with Crippen LogP contribution in [-0.2, 0) is 0 Å². The van der Waals surface area contributed by atoms with E-state index >= 15 is 0 Å². The van der Waals surface area contributed by atoms with Gasteiger partial charge in [-0.15, -0.1) is 0 Å². The lowest BCUT2D eigenvalue weighted by atomic mass is 10.2. The van der Waals surface area contributed by atoms with Gasteiger partial charge < -0.3 is 10.7 Å². The summed E-state index contributed by atoms with van der Waals surface area (Å²) in [5, 5.41) is 0. The van der Waals surface area contributed by atoms with Crippen molar-refractivity contribution >= 4 is 32.9 Å². The number of aromatic nitrogens is 3. The number of aromatic amines is 1. The third kappa shape index (κ3) is 1.89. The molecule has 1 aromatic carbocycles. The van der Waals surface area contributed by atoms with Crippen LogP contribution in [0.2, 0.25) is 0 Å². The third-order valence-corrected chi connectivity index (χ3v) is 3.01. The van der Waals surface area contributed by atoms with E-state index in [0.29, 0.717) is 11.5 Å². The van der Waals surface area contributed by atoms with Crippen LogP contribution in [0.5, 0.6) is 0 Å². The first-order valence-electron chi connectivity index (χ1n) is 5.10. The highest BCUT2D eigenvalue weighted by molar-refractivity contribution is 9.10. The predicted molar refractivity (Wildman–Crippen MR) is 71.4 cm³/mol. The molecular formula is C12H9BrN4. The van der Waals surface area contributed by atoms with E-state index in [0.717, 1.165) is 21.4 Å². The van der Waals surface area contributed by atoms with Crippen molar-refractivity contribution in [3.8, 4) is 11.4 Å². The molecule has 0 amide bonds. The molecule has 84 valence electrons. The molecule has 17 heavy (non-hydrogen) atoms. The molecule has 3 N–H and O–H groups in total.